The van der Waals surface area contributed by atoms with E-state index in [4.69, 9.17) is 5.73 Å². The average Bonchev–Trinajstić information content (AvgIpc) is 2.84. The van der Waals surface area contributed by atoms with E-state index in [1.54, 1.807) is 6.20 Å². The van der Waals surface area contributed by atoms with Crippen molar-refractivity contribution in [3.63, 3.8) is 0 Å². The number of imidazole rings is 1. The van der Waals surface area contributed by atoms with Crippen LogP contribution in [0.25, 0.3) is 0 Å². The minimum Gasteiger partial charge on any atom is -0.331 e. The van der Waals surface area contributed by atoms with E-state index < -0.39 is 0 Å². The summed E-state index contributed by atoms with van der Waals surface area (Å²) in [6.07, 6.45) is 5.65. The predicted molar refractivity (Wildman–Crippen MR) is 77.7 cm³/mol. The number of aryl methyl sites for hydroxylation is 1. The second-order valence-electron chi connectivity index (χ2n) is 4.58. The molecule has 0 aliphatic carbocycles. The van der Waals surface area contributed by atoms with Crippen molar-refractivity contribution in [2.45, 2.75) is 26.3 Å². The predicted octanol–water partition coefficient (Wildman–Crippen LogP) is 2.33. The topological polar surface area (TPSA) is 43.8 Å². The molecule has 0 saturated heterocycles. The van der Waals surface area contributed by atoms with E-state index in [2.05, 4.69) is 23.7 Å². The van der Waals surface area contributed by atoms with Gasteiger partial charge >= 0.3 is 0 Å². The highest BCUT2D eigenvalue weighted by Crippen LogP contribution is 2.12. The number of hydrogen-bond acceptors (Lipinski definition) is 2. The number of hydrogen-bond donors (Lipinski definition) is 1. The average molecular weight is 271 g/mol. The number of aromatic nitrogens is 2. The lowest BCUT2D eigenvalue weighted by Crippen LogP contribution is -2.05. The molecule has 0 amide bonds. The van der Waals surface area contributed by atoms with Crippen molar-refractivity contribution in [3.8, 4) is 11.8 Å². The van der Waals surface area contributed by atoms with Gasteiger partial charge in [0.25, 0.3) is 0 Å². The Labute approximate surface area is 118 Å². The Kier molecular flexibility index (Phi) is 4.91. The van der Waals surface area contributed by atoms with Crippen molar-refractivity contribution in [2.24, 2.45) is 5.73 Å². The lowest BCUT2D eigenvalue weighted by atomic mass is 10.1. The number of benzene rings is 1. The molecule has 0 atom stereocenters. The van der Waals surface area contributed by atoms with Gasteiger partial charge < -0.3 is 10.3 Å². The Hall–Kier alpha value is -2.12. The quantitative estimate of drug-likeness (QED) is 0.867. The molecule has 0 saturated carbocycles. The monoisotopic (exact) mass is 271 g/mol. The van der Waals surface area contributed by atoms with E-state index in [1.165, 1.54) is 12.1 Å². The molecule has 0 bridgehead atoms. The number of rotatable bonds is 4. The summed E-state index contributed by atoms with van der Waals surface area (Å²) in [7, 11) is 0. The molecule has 20 heavy (non-hydrogen) atoms. The maximum absolute atomic E-state index is 13.6. The minimum atomic E-state index is -0.277. The first-order chi connectivity index (χ1) is 9.72. The van der Waals surface area contributed by atoms with Crippen molar-refractivity contribution in [2.75, 3.05) is 6.54 Å². The Morgan fingerprint density at radius 2 is 2.20 bits per heavy atom. The van der Waals surface area contributed by atoms with E-state index in [-0.39, 0.29) is 12.4 Å². The molecule has 2 N–H and O–H groups in total. The highest BCUT2D eigenvalue weighted by atomic mass is 19.1. The lowest BCUT2D eigenvalue weighted by Gasteiger charge is -2.08. The smallest absolute Gasteiger partial charge is 0.124 e. The molecular formula is C16H18FN3. The van der Waals surface area contributed by atoms with Gasteiger partial charge in [-0.3, -0.25) is 0 Å². The number of nitrogens with zero attached hydrogens (tertiary/aromatic N) is 2. The fraction of sp³-hybridized carbons (Fsp3) is 0.312. The van der Waals surface area contributed by atoms with Gasteiger partial charge in [0.15, 0.2) is 0 Å². The van der Waals surface area contributed by atoms with Crippen LogP contribution < -0.4 is 5.73 Å². The third-order valence-corrected chi connectivity index (χ3v) is 2.92. The zero-order valence-electron chi connectivity index (χ0n) is 11.6. The van der Waals surface area contributed by atoms with Crippen molar-refractivity contribution in [1.82, 2.24) is 9.55 Å². The Bertz CT molecular complexity index is 635. The summed E-state index contributed by atoms with van der Waals surface area (Å²) in [4.78, 5) is 4.32. The Morgan fingerprint density at radius 1 is 1.35 bits per heavy atom. The van der Waals surface area contributed by atoms with Gasteiger partial charge in [-0.2, -0.15) is 0 Å². The van der Waals surface area contributed by atoms with Crippen LogP contribution in [0.1, 0.15) is 30.3 Å². The molecule has 1 aromatic heterocycles. The summed E-state index contributed by atoms with van der Waals surface area (Å²) < 4.78 is 15.6. The molecule has 1 aromatic carbocycles. The van der Waals surface area contributed by atoms with Crippen LogP contribution in [0, 0.1) is 17.7 Å². The van der Waals surface area contributed by atoms with Gasteiger partial charge in [0.05, 0.1) is 6.54 Å². The van der Waals surface area contributed by atoms with Gasteiger partial charge in [0.2, 0.25) is 0 Å². The van der Waals surface area contributed by atoms with Crippen molar-refractivity contribution in [3.05, 3.63) is 53.4 Å². The van der Waals surface area contributed by atoms with Crippen LogP contribution >= 0.6 is 0 Å². The van der Waals surface area contributed by atoms with Gasteiger partial charge in [0.1, 0.15) is 11.6 Å². The van der Waals surface area contributed by atoms with Gasteiger partial charge in [0, 0.05) is 30.9 Å². The molecule has 3 nitrogen and oxygen atoms in total. The third-order valence-electron chi connectivity index (χ3n) is 2.92. The first-order valence-electron chi connectivity index (χ1n) is 6.71. The summed E-state index contributed by atoms with van der Waals surface area (Å²) in [5.41, 5.74) is 6.87. The van der Waals surface area contributed by atoms with Crippen LogP contribution in [-0.4, -0.2) is 16.1 Å². The Balaban J connectivity index is 2.24. The second-order valence-corrected chi connectivity index (χ2v) is 4.58. The molecule has 2 aromatic rings. The molecule has 104 valence electrons. The molecule has 0 aliphatic heterocycles. The summed E-state index contributed by atoms with van der Waals surface area (Å²) in [6, 6.07) is 4.85. The maximum Gasteiger partial charge on any atom is 0.124 e. The third kappa shape index (κ3) is 3.69. The molecule has 0 spiro atoms. The van der Waals surface area contributed by atoms with Crippen molar-refractivity contribution in [1.29, 1.82) is 0 Å². The lowest BCUT2D eigenvalue weighted by molar-refractivity contribution is 0.621. The zero-order valence-corrected chi connectivity index (χ0v) is 11.6. The molecule has 2 rings (SSSR count). The molecular weight excluding hydrogens is 253 g/mol. The molecule has 0 unspecified atom stereocenters. The van der Waals surface area contributed by atoms with Crippen molar-refractivity contribution < 1.29 is 4.39 Å². The van der Waals surface area contributed by atoms with E-state index in [9.17, 15) is 4.39 Å². The van der Waals surface area contributed by atoms with Crippen molar-refractivity contribution >= 4 is 0 Å². The molecule has 4 heteroatoms. The van der Waals surface area contributed by atoms with E-state index >= 15 is 0 Å². The van der Waals surface area contributed by atoms with Crippen LogP contribution in [0.4, 0.5) is 4.39 Å². The van der Waals surface area contributed by atoms with Gasteiger partial charge in [-0.25, -0.2) is 9.37 Å². The van der Waals surface area contributed by atoms with E-state index in [0.717, 1.165) is 24.2 Å². The van der Waals surface area contributed by atoms with E-state index in [0.29, 0.717) is 12.1 Å². The van der Waals surface area contributed by atoms with Gasteiger partial charge in [-0.15, -0.1) is 0 Å². The number of halogens is 1. The van der Waals surface area contributed by atoms with Gasteiger partial charge in [-0.1, -0.05) is 18.8 Å². The SMILES string of the molecule is CCCc1nccn1Cc1cc(F)cc(C#CCN)c1. The molecule has 0 fully saturated rings. The van der Waals surface area contributed by atoms with Crippen LogP contribution in [0.2, 0.25) is 0 Å². The fourth-order valence-electron chi connectivity index (χ4n) is 2.10. The highest BCUT2D eigenvalue weighted by molar-refractivity contribution is 5.38. The first kappa shape index (κ1) is 14.3. The minimum absolute atomic E-state index is 0.272. The normalized spacial score (nSPS) is 10.2. The zero-order chi connectivity index (χ0) is 14.4. The second kappa shape index (κ2) is 6.88. The van der Waals surface area contributed by atoms with Crippen LogP contribution in [0.3, 0.4) is 0 Å². The molecule has 0 aliphatic rings. The van der Waals surface area contributed by atoms with Crippen LogP contribution in [-0.2, 0) is 13.0 Å². The maximum atomic E-state index is 13.6. The number of nitrogens with two attached hydrogens (primary N) is 1. The highest BCUT2D eigenvalue weighted by Gasteiger charge is 2.05. The summed E-state index contributed by atoms with van der Waals surface area (Å²) in [5, 5.41) is 0. The largest absolute Gasteiger partial charge is 0.331 e. The van der Waals surface area contributed by atoms with Gasteiger partial charge in [-0.05, 0) is 30.2 Å². The standard InChI is InChI=1S/C16H18FN3/c1-2-4-16-19-7-8-20(16)12-14-9-13(5-3-6-18)10-15(17)11-14/h7-11H,2,4,6,12,18H2,1H3. The molecule has 0 radical (unpaired) electrons. The van der Waals surface area contributed by atoms with E-state index in [1.807, 2.05) is 16.8 Å². The molecule has 1 heterocycles. The fourth-order valence-corrected chi connectivity index (χ4v) is 2.10. The first-order valence-corrected chi connectivity index (χ1v) is 6.71. The van der Waals surface area contributed by atoms with Crippen LogP contribution in [0.5, 0.6) is 0 Å². The summed E-state index contributed by atoms with van der Waals surface area (Å²) in [6.45, 7) is 2.99. The Morgan fingerprint density at radius 3 is 2.95 bits per heavy atom. The summed E-state index contributed by atoms with van der Waals surface area (Å²) >= 11 is 0. The summed E-state index contributed by atoms with van der Waals surface area (Å²) in [5.74, 6) is 6.35. The van der Waals surface area contributed by atoms with Crippen LogP contribution in [0.15, 0.2) is 30.6 Å².